The number of hydrogen-bond donors (Lipinski definition) is 0. The smallest absolute Gasteiger partial charge is 0.143 e. The topological polar surface area (TPSA) is 16.4 Å². The van der Waals surface area contributed by atoms with Gasteiger partial charge in [0.05, 0.1) is 5.41 Å². The number of para-hydroxylation sites is 2. The molecule has 2 heteroatoms. The third-order valence-corrected chi connectivity index (χ3v) is 13.0. The average molecular weight is 804 g/mol. The lowest BCUT2D eigenvalue weighted by Gasteiger charge is -2.34. The summed E-state index contributed by atoms with van der Waals surface area (Å²) in [5, 5.41) is 2.25. The van der Waals surface area contributed by atoms with Crippen molar-refractivity contribution in [1.82, 2.24) is 0 Å². The fourth-order valence-corrected chi connectivity index (χ4v) is 10.1. The predicted octanol–water partition coefficient (Wildman–Crippen LogP) is 16.4. The first-order chi connectivity index (χ1) is 31.2. The molecule has 0 fully saturated rings. The first kappa shape index (κ1) is 36.6. The van der Waals surface area contributed by atoms with E-state index in [0.29, 0.717) is 0 Å². The molecule has 0 saturated heterocycles. The SMILES string of the molecule is c1ccc(-c2ccc(-c3cccc(N(c4ccc(C5(c6ccccc6)c6ccccc6-c6ccccc65)cc4)c4cccc(-c5cccc6c5oc5ccccc56)c4)c3)cc2)cc1. The van der Waals surface area contributed by atoms with Crippen LogP contribution in [0.3, 0.4) is 0 Å². The lowest BCUT2D eigenvalue weighted by molar-refractivity contribution is 0.670. The van der Waals surface area contributed by atoms with Crippen LogP contribution < -0.4 is 4.90 Å². The summed E-state index contributed by atoms with van der Waals surface area (Å²) >= 11 is 0. The molecule has 0 N–H and O–H groups in total. The number of furan rings is 1. The molecule has 10 aromatic carbocycles. The Labute approximate surface area is 367 Å². The quantitative estimate of drug-likeness (QED) is 0.152. The molecule has 12 rings (SSSR count). The van der Waals surface area contributed by atoms with Gasteiger partial charge in [-0.15, -0.1) is 0 Å². The second-order valence-electron chi connectivity index (χ2n) is 16.4. The molecule has 0 spiro atoms. The maximum Gasteiger partial charge on any atom is 0.143 e. The van der Waals surface area contributed by atoms with E-state index in [4.69, 9.17) is 4.42 Å². The standard InChI is InChI=1S/C61H41NO/c1-3-16-42(17-4-1)43-32-34-44(35-33-43)45-18-13-22-50(40-45)62(51-23-14-19-46(41-51)52-27-15-28-56-55-26-9-12-31-59(55)63-60(52)56)49-38-36-48(37-39-49)61(47-20-5-2-6-21-47)57-29-10-7-24-53(57)54-25-8-11-30-58(54)61/h1-41H. The van der Waals surface area contributed by atoms with Crippen molar-refractivity contribution in [3.05, 3.63) is 271 Å². The number of anilines is 3. The normalized spacial score (nSPS) is 12.6. The van der Waals surface area contributed by atoms with Crippen molar-refractivity contribution < 1.29 is 4.42 Å². The van der Waals surface area contributed by atoms with Crippen LogP contribution in [0.25, 0.3) is 66.4 Å². The van der Waals surface area contributed by atoms with Crippen molar-refractivity contribution in [3.63, 3.8) is 0 Å². The molecule has 1 heterocycles. The van der Waals surface area contributed by atoms with E-state index in [0.717, 1.165) is 55.7 Å². The van der Waals surface area contributed by atoms with Crippen LogP contribution in [0.5, 0.6) is 0 Å². The molecule has 1 aromatic heterocycles. The van der Waals surface area contributed by atoms with Crippen LogP contribution in [-0.2, 0) is 5.41 Å². The Morgan fingerprint density at radius 2 is 0.778 bits per heavy atom. The van der Waals surface area contributed by atoms with Crippen molar-refractivity contribution in [2.24, 2.45) is 0 Å². The molecule has 11 aromatic rings. The molecular weight excluding hydrogens is 763 g/mol. The summed E-state index contributed by atoms with van der Waals surface area (Å²) in [5.74, 6) is 0. The summed E-state index contributed by atoms with van der Waals surface area (Å²) in [5.41, 5.74) is 19.1. The molecule has 0 bridgehead atoms. The Morgan fingerprint density at radius 3 is 1.48 bits per heavy atom. The van der Waals surface area contributed by atoms with Crippen LogP contribution in [0.15, 0.2) is 253 Å². The van der Waals surface area contributed by atoms with Crippen LogP contribution in [0.2, 0.25) is 0 Å². The van der Waals surface area contributed by atoms with E-state index in [1.54, 1.807) is 0 Å². The molecule has 296 valence electrons. The van der Waals surface area contributed by atoms with Gasteiger partial charge in [-0.1, -0.05) is 206 Å². The van der Waals surface area contributed by atoms with Gasteiger partial charge in [0.2, 0.25) is 0 Å². The number of rotatable bonds is 8. The largest absolute Gasteiger partial charge is 0.455 e. The Balaban J connectivity index is 1.02. The van der Waals surface area contributed by atoms with Crippen molar-refractivity contribution >= 4 is 39.0 Å². The highest BCUT2D eigenvalue weighted by Crippen LogP contribution is 2.56. The third kappa shape index (κ3) is 6.02. The molecule has 0 saturated carbocycles. The van der Waals surface area contributed by atoms with E-state index >= 15 is 0 Å². The van der Waals surface area contributed by atoms with Gasteiger partial charge in [-0.25, -0.2) is 0 Å². The van der Waals surface area contributed by atoms with E-state index in [2.05, 4.69) is 241 Å². The van der Waals surface area contributed by atoms with Gasteiger partial charge in [-0.2, -0.15) is 0 Å². The predicted molar refractivity (Wildman–Crippen MR) is 262 cm³/mol. The van der Waals surface area contributed by atoms with Gasteiger partial charge in [0.15, 0.2) is 0 Å². The average Bonchev–Trinajstić information content (AvgIpc) is 3.89. The van der Waals surface area contributed by atoms with Crippen LogP contribution in [-0.4, -0.2) is 0 Å². The zero-order chi connectivity index (χ0) is 41.7. The van der Waals surface area contributed by atoms with Crippen molar-refractivity contribution in [2.45, 2.75) is 5.41 Å². The maximum atomic E-state index is 6.55. The Kier molecular flexibility index (Phi) is 8.76. The maximum absolute atomic E-state index is 6.55. The summed E-state index contributed by atoms with van der Waals surface area (Å²) in [6, 6.07) is 90.2. The Hall–Kier alpha value is -8.20. The van der Waals surface area contributed by atoms with Gasteiger partial charge in [-0.3, -0.25) is 0 Å². The molecule has 1 aliphatic carbocycles. The number of benzene rings is 10. The monoisotopic (exact) mass is 803 g/mol. The summed E-state index contributed by atoms with van der Waals surface area (Å²) in [6.45, 7) is 0. The molecular formula is C61H41NO. The van der Waals surface area contributed by atoms with Gasteiger partial charge < -0.3 is 9.32 Å². The summed E-state index contributed by atoms with van der Waals surface area (Å²) in [4.78, 5) is 2.39. The molecule has 0 amide bonds. The highest BCUT2D eigenvalue weighted by molar-refractivity contribution is 6.09. The minimum Gasteiger partial charge on any atom is -0.455 e. The first-order valence-electron chi connectivity index (χ1n) is 21.7. The first-order valence-corrected chi connectivity index (χ1v) is 21.7. The Morgan fingerprint density at radius 1 is 0.302 bits per heavy atom. The highest BCUT2D eigenvalue weighted by atomic mass is 16.3. The van der Waals surface area contributed by atoms with Crippen LogP contribution >= 0.6 is 0 Å². The van der Waals surface area contributed by atoms with Crippen LogP contribution in [0.1, 0.15) is 22.3 Å². The van der Waals surface area contributed by atoms with E-state index in [9.17, 15) is 0 Å². The third-order valence-electron chi connectivity index (χ3n) is 13.0. The van der Waals surface area contributed by atoms with Gasteiger partial charge in [-0.05, 0) is 104 Å². The van der Waals surface area contributed by atoms with Gasteiger partial charge in [0.25, 0.3) is 0 Å². The molecule has 0 atom stereocenters. The van der Waals surface area contributed by atoms with Crippen LogP contribution in [0, 0.1) is 0 Å². The second-order valence-corrected chi connectivity index (χ2v) is 16.4. The lowest BCUT2D eigenvalue weighted by Crippen LogP contribution is -2.28. The van der Waals surface area contributed by atoms with E-state index < -0.39 is 5.41 Å². The molecule has 2 nitrogen and oxygen atoms in total. The van der Waals surface area contributed by atoms with E-state index in [1.807, 2.05) is 12.1 Å². The van der Waals surface area contributed by atoms with Crippen LogP contribution in [0.4, 0.5) is 17.1 Å². The highest BCUT2D eigenvalue weighted by Gasteiger charge is 2.45. The zero-order valence-corrected chi connectivity index (χ0v) is 34.5. The number of fused-ring (bicyclic) bond motifs is 6. The van der Waals surface area contributed by atoms with E-state index in [1.165, 1.54) is 50.1 Å². The molecule has 0 unspecified atom stereocenters. The van der Waals surface area contributed by atoms with E-state index in [-0.39, 0.29) is 0 Å². The minimum atomic E-state index is -0.477. The molecule has 0 aliphatic heterocycles. The Bertz CT molecular complexity index is 3390. The molecule has 1 aliphatic rings. The van der Waals surface area contributed by atoms with Gasteiger partial charge in [0.1, 0.15) is 11.2 Å². The van der Waals surface area contributed by atoms with Gasteiger partial charge in [0, 0.05) is 33.4 Å². The van der Waals surface area contributed by atoms with Gasteiger partial charge >= 0.3 is 0 Å². The fourth-order valence-electron chi connectivity index (χ4n) is 10.1. The number of nitrogens with zero attached hydrogens (tertiary/aromatic N) is 1. The summed E-state index contributed by atoms with van der Waals surface area (Å²) < 4.78 is 6.55. The fraction of sp³-hybridized carbons (Fsp3) is 0.0164. The van der Waals surface area contributed by atoms with Crippen molar-refractivity contribution in [2.75, 3.05) is 4.90 Å². The molecule has 0 radical (unpaired) electrons. The summed E-state index contributed by atoms with van der Waals surface area (Å²) in [6.07, 6.45) is 0. The van der Waals surface area contributed by atoms with Crippen molar-refractivity contribution in [1.29, 1.82) is 0 Å². The second kappa shape index (κ2) is 15.1. The summed E-state index contributed by atoms with van der Waals surface area (Å²) in [7, 11) is 0. The number of hydrogen-bond acceptors (Lipinski definition) is 2. The molecule has 63 heavy (non-hydrogen) atoms. The minimum absolute atomic E-state index is 0.477. The lowest BCUT2D eigenvalue weighted by atomic mass is 9.68. The zero-order valence-electron chi connectivity index (χ0n) is 34.5. The van der Waals surface area contributed by atoms with Crippen molar-refractivity contribution in [3.8, 4) is 44.5 Å².